The molecule has 0 fully saturated rings. The molecule has 1 aromatic heterocycles. The van der Waals surface area contributed by atoms with Gasteiger partial charge in [-0.25, -0.2) is 4.79 Å². The zero-order valence-electron chi connectivity index (χ0n) is 13.6. The first kappa shape index (κ1) is 17.0. The first-order valence-electron chi connectivity index (χ1n) is 7.83. The number of nitrogens with one attached hydrogen (secondary N) is 2. The van der Waals surface area contributed by atoms with E-state index in [-0.39, 0.29) is 18.1 Å². The number of anilines is 1. The number of aromatic nitrogens is 2. The molecule has 2 amide bonds. The lowest BCUT2D eigenvalue weighted by Gasteiger charge is -2.14. The summed E-state index contributed by atoms with van der Waals surface area (Å²) in [4.78, 5) is 11.8. The average Bonchev–Trinajstić information content (AvgIpc) is 2.92. The van der Waals surface area contributed by atoms with Crippen LogP contribution in [-0.2, 0) is 6.54 Å². The summed E-state index contributed by atoms with van der Waals surface area (Å²) in [6.45, 7) is 4.91. The lowest BCUT2D eigenvalue weighted by Crippen LogP contribution is -2.33. The molecule has 1 heterocycles. The molecule has 0 aliphatic rings. The molecule has 0 aliphatic heterocycles. The topological polar surface area (TPSA) is 79.2 Å². The van der Waals surface area contributed by atoms with Crippen molar-refractivity contribution in [2.45, 2.75) is 32.9 Å². The van der Waals surface area contributed by atoms with Crippen molar-refractivity contribution in [3.8, 4) is 0 Å². The van der Waals surface area contributed by atoms with Crippen molar-refractivity contribution in [1.29, 1.82) is 0 Å². The third-order valence-corrected chi connectivity index (χ3v) is 3.42. The predicted molar refractivity (Wildman–Crippen MR) is 90.3 cm³/mol. The van der Waals surface area contributed by atoms with Crippen molar-refractivity contribution < 1.29 is 9.90 Å². The van der Waals surface area contributed by atoms with Crippen LogP contribution >= 0.6 is 0 Å². The van der Waals surface area contributed by atoms with E-state index >= 15 is 0 Å². The highest BCUT2D eigenvalue weighted by atomic mass is 16.3. The predicted octanol–water partition coefficient (Wildman–Crippen LogP) is 2.46. The first-order chi connectivity index (χ1) is 11.0. The van der Waals surface area contributed by atoms with Crippen LogP contribution in [0.15, 0.2) is 42.6 Å². The molecule has 0 aliphatic carbocycles. The lowest BCUT2D eigenvalue weighted by atomic mass is 10.1. The number of nitrogens with zero attached hydrogens (tertiary/aromatic N) is 2. The van der Waals surface area contributed by atoms with Crippen LogP contribution in [0, 0.1) is 5.92 Å². The highest BCUT2D eigenvalue weighted by Gasteiger charge is 2.09. The van der Waals surface area contributed by atoms with Crippen LogP contribution in [0.2, 0.25) is 0 Å². The minimum Gasteiger partial charge on any atom is -0.393 e. The van der Waals surface area contributed by atoms with Crippen LogP contribution in [-0.4, -0.2) is 33.6 Å². The second-order valence-electron chi connectivity index (χ2n) is 5.91. The Morgan fingerprint density at radius 2 is 2.00 bits per heavy atom. The molecule has 2 rings (SSSR count). The Morgan fingerprint density at radius 1 is 1.26 bits per heavy atom. The van der Waals surface area contributed by atoms with Gasteiger partial charge in [-0.3, -0.25) is 10.00 Å². The van der Waals surface area contributed by atoms with E-state index in [1.807, 2.05) is 43.5 Å². The van der Waals surface area contributed by atoms with Crippen molar-refractivity contribution in [1.82, 2.24) is 15.1 Å². The van der Waals surface area contributed by atoms with Gasteiger partial charge in [0.05, 0.1) is 12.6 Å². The monoisotopic (exact) mass is 316 g/mol. The molecular formula is C17H24N4O2. The number of hydrogen-bond donors (Lipinski definition) is 3. The number of carbonyl (C=O) groups is 1. The summed E-state index contributed by atoms with van der Waals surface area (Å²) < 4.78 is 1.78. The number of aliphatic hydroxyl groups is 1. The fraction of sp³-hybridized carbons (Fsp3) is 0.412. The maximum absolute atomic E-state index is 11.8. The summed E-state index contributed by atoms with van der Waals surface area (Å²) >= 11 is 0. The molecule has 23 heavy (non-hydrogen) atoms. The van der Waals surface area contributed by atoms with Crippen LogP contribution in [0.3, 0.4) is 0 Å². The molecule has 2 atom stereocenters. The van der Waals surface area contributed by atoms with Gasteiger partial charge in [-0.2, -0.15) is 5.10 Å². The molecule has 0 radical (unpaired) electrons. The maximum Gasteiger partial charge on any atom is 0.320 e. The Labute approximate surface area is 136 Å². The quantitative estimate of drug-likeness (QED) is 0.734. The van der Waals surface area contributed by atoms with Gasteiger partial charge in [-0.1, -0.05) is 37.3 Å². The normalized spacial score (nSPS) is 13.3. The fourth-order valence-corrected chi connectivity index (χ4v) is 2.38. The highest BCUT2D eigenvalue weighted by molar-refractivity contribution is 5.88. The van der Waals surface area contributed by atoms with Crippen molar-refractivity contribution in [2.24, 2.45) is 5.92 Å². The van der Waals surface area contributed by atoms with Gasteiger partial charge in [0.1, 0.15) is 0 Å². The van der Waals surface area contributed by atoms with Crippen molar-refractivity contribution in [3.05, 3.63) is 48.2 Å². The molecule has 2 unspecified atom stereocenters. The second kappa shape index (κ2) is 8.33. The number of carbonyl (C=O) groups excluding carboxylic acids is 1. The standard InChI is InChI=1S/C17H24N4O2/c1-13(10-14(2)22)11-18-17(23)19-16-8-9-21(20-16)12-15-6-4-3-5-7-15/h3-9,13-14,22H,10-12H2,1-2H3,(H2,18,19,20,23). The van der Waals surface area contributed by atoms with E-state index in [9.17, 15) is 9.90 Å². The molecule has 6 nitrogen and oxygen atoms in total. The van der Waals surface area contributed by atoms with E-state index in [2.05, 4.69) is 15.7 Å². The maximum atomic E-state index is 11.8. The van der Waals surface area contributed by atoms with Crippen molar-refractivity contribution in [3.63, 3.8) is 0 Å². The number of rotatable bonds is 7. The van der Waals surface area contributed by atoms with Crippen LogP contribution in [0.25, 0.3) is 0 Å². The van der Waals surface area contributed by atoms with Gasteiger partial charge in [0.2, 0.25) is 0 Å². The molecule has 0 spiro atoms. The lowest BCUT2D eigenvalue weighted by molar-refractivity contribution is 0.163. The van der Waals surface area contributed by atoms with Gasteiger partial charge >= 0.3 is 6.03 Å². The Balaban J connectivity index is 1.78. The van der Waals surface area contributed by atoms with Crippen LogP contribution in [0.4, 0.5) is 10.6 Å². The van der Waals surface area contributed by atoms with Gasteiger partial charge in [-0.05, 0) is 24.8 Å². The van der Waals surface area contributed by atoms with E-state index < -0.39 is 0 Å². The van der Waals surface area contributed by atoms with Gasteiger partial charge in [0, 0.05) is 18.8 Å². The summed E-state index contributed by atoms with van der Waals surface area (Å²) in [6, 6.07) is 11.5. The molecule has 124 valence electrons. The van der Waals surface area contributed by atoms with E-state index in [4.69, 9.17) is 0 Å². The summed E-state index contributed by atoms with van der Waals surface area (Å²) in [7, 11) is 0. The fourth-order valence-electron chi connectivity index (χ4n) is 2.38. The molecule has 0 saturated carbocycles. The van der Waals surface area contributed by atoms with Gasteiger partial charge in [0.15, 0.2) is 5.82 Å². The minimum absolute atomic E-state index is 0.219. The Hall–Kier alpha value is -2.34. The highest BCUT2D eigenvalue weighted by Crippen LogP contribution is 2.07. The second-order valence-corrected chi connectivity index (χ2v) is 5.91. The number of aliphatic hydroxyl groups excluding tert-OH is 1. The van der Waals surface area contributed by atoms with Crippen LogP contribution < -0.4 is 10.6 Å². The SMILES string of the molecule is CC(O)CC(C)CNC(=O)Nc1ccn(Cc2ccccc2)n1. The van der Waals surface area contributed by atoms with Crippen LogP contribution in [0.5, 0.6) is 0 Å². The van der Waals surface area contributed by atoms with Gasteiger partial charge in [-0.15, -0.1) is 0 Å². The van der Waals surface area contributed by atoms with E-state index in [1.54, 1.807) is 17.7 Å². The Bertz CT molecular complexity index is 610. The van der Waals surface area contributed by atoms with E-state index in [1.165, 1.54) is 0 Å². The Morgan fingerprint density at radius 3 is 2.70 bits per heavy atom. The number of amides is 2. The molecule has 0 bridgehead atoms. The van der Waals surface area contributed by atoms with E-state index in [0.717, 1.165) is 5.56 Å². The van der Waals surface area contributed by atoms with Gasteiger partial charge < -0.3 is 10.4 Å². The van der Waals surface area contributed by atoms with Crippen LogP contribution in [0.1, 0.15) is 25.8 Å². The summed E-state index contributed by atoms with van der Waals surface area (Å²) in [6.07, 6.45) is 2.13. The Kier molecular flexibility index (Phi) is 6.17. The molecular weight excluding hydrogens is 292 g/mol. The molecule has 3 N–H and O–H groups in total. The third-order valence-electron chi connectivity index (χ3n) is 3.42. The van der Waals surface area contributed by atoms with Crippen molar-refractivity contribution >= 4 is 11.8 Å². The summed E-state index contributed by atoms with van der Waals surface area (Å²) in [5.74, 6) is 0.734. The smallest absolute Gasteiger partial charge is 0.320 e. The largest absolute Gasteiger partial charge is 0.393 e. The first-order valence-corrected chi connectivity index (χ1v) is 7.83. The number of benzene rings is 1. The van der Waals surface area contributed by atoms with E-state index in [0.29, 0.717) is 25.3 Å². The molecule has 1 aromatic carbocycles. The third kappa shape index (κ3) is 6.12. The number of hydrogen-bond acceptors (Lipinski definition) is 3. The number of urea groups is 1. The van der Waals surface area contributed by atoms with Crippen molar-refractivity contribution in [2.75, 3.05) is 11.9 Å². The zero-order valence-corrected chi connectivity index (χ0v) is 13.6. The average molecular weight is 316 g/mol. The molecule has 2 aromatic rings. The minimum atomic E-state index is -0.358. The molecule has 6 heteroatoms. The summed E-state index contributed by atoms with van der Waals surface area (Å²) in [5, 5.41) is 19.1. The summed E-state index contributed by atoms with van der Waals surface area (Å²) in [5.41, 5.74) is 1.15. The van der Waals surface area contributed by atoms with Gasteiger partial charge in [0.25, 0.3) is 0 Å². The molecule has 0 saturated heterocycles. The zero-order chi connectivity index (χ0) is 16.7.